The van der Waals surface area contributed by atoms with Crippen LogP contribution in [0.4, 0.5) is 38.4 Å². The van der Waals surface area contributed by atoms with Crippen LogP contribution in [0.5, 0.6) is 0 Å². The van der Waals surface area contributed by atoms with Crippen molar-refractivity contribution in [3.63, 3.8) is 0 Å². The Morgan fingerprint density at radius 3 is 1.48 bits per heavy atom. The summed E-state index contributed by atoms with van der Waals surface area (Å²) in [6.45, 7) is 10.9. The third-order valence-electron chi connectivity index (χ3n) is 5.16. The molecule has 1 fully saturated rings. The molecule has 1 aliphatic rings. The number of amides is 1. The van der Waals surface area contributed by atoms with Crippen LogP contribution in [-0.4, -0.2) is 39.5 Å². The van der Waals surface area contributed by atoms with Gasteiger partial charge in [0.25, 0.3) is 5.91 Å². The molecule has 42 heavy (non-hydrogen) atoms. The van der Waals surface area contributed by atoms with Crippen LogP contribution in [0.1, 0.15) is 32.4 Å². The molecule has 0 unspecified atom stereocenters. The number of carbonyl (C=O) groups excluding carboxylic acids is 2. The number of carbonyl (C=O) groups is 2. The SMILES string of the molecule is CNC(=O)[C@@H]([NH3+])[C@H](O[Si](C)(C)C(C)(C)C)c1ccc(Cl)cc1.F[P-](F)(F)(F)(F)F.O=C([O-])C(F)(F)F.[CH]1[CH][CH][CH][CH]1.[Ru+2]. The second-order valence-electron chi connectivity index (χ2n) is 9.78. The number of rotatable bonds is 5. The third-order valence-corrected chi connectivity index (χ3v) is 9.87. The molecule has 19 heteroatoms. The Balaban J connectivity index is -0.000000615. The number of alkyl halides is 3. The van der Waals surface area contributed by atoms with Gasteiger partial charge >= 0.3 is 58.6 Å². The van der Waals surface area contributed by atoms with Gasteiger partial charge < -0.3 is 25.4 Å². The number of likely N-dealkylation sites (N-methyl/N-ethyl adjacent to an activating group) is 1. The number of carboxylic acid groups (broad SMARTS) is 1. The molecule has 0 bridgehead atoms. The first-order valence-corrected chi connectivity index (χ1v) is 16.7. The van der Waals surface area contributed by atoms with Gasteiger partial charge in [0.1, 0.15) is 12.1 Å². The molecule has 1 amide bonds. The molecule has 1 aromatic rings. The summed E-state index contributed by atoms with van der Waals surface area (Å²) in [5, 5.41) is 12.2. The van der Waals surface area contributed by atoms with E-state index in [1.807, 2.05) is 56.4 Å². The maximum atomic E-state index is 12.1. The first kappa shape index (κ1) is 45.4. The summed E-state index contributed by atoms with van der Waals surface area (Å²) in [7, 11) is -11.1. The first-order chi connectivity index (χ1) is 17.9. The van der Waals surface area contributed by atoms with Gasteiger partial charge in [0.2, 0.25) is 0 Å². The minimum absolute atomic E-state index is 0. The van der Waals surface area contributed by atoms with Crippen molar-refractivity contribution in [3.05, 3.63) is 67.0 Å². The maximum Gasteiger partial charge on any atom is 2.00 e. The Hall–Kier alpha value is -0.990. The minimum atomic E-state index is -10.7. The predicted octanol–water partition coefficient (Wildman–Crippen LogP) is 6.46. The zero-order valence-corrected chi connectivity index (χ0v) is 27.7. The maximum absolute atomic E-state index is 12.1. The Labute approximate surface area is 258 Å². The molecule has 0 saturated heterocycles. The van der Waals surface area contributed by atoms with E-state index in [1.165, 1.54) is 0 Å². The number of carboxylic acids is 1. The molecule has 5 radical (unpaired) electrons. The van der Waals surface area contributed by atoms with Crippen LogP contribution in [0.2, 0.25) is 23.2 Å². The van der Waals surface area contributed by atoms with Gasteiger partial charge in [0.15, 0.2) is 14.4 Å². The van der Waals surface area contributed by atoms with Crippen LogP contribution in [0.3, 0.4) is 0 Å². The van der Waals surface area contributed by atoms with Crippen molar-refractivity contribution in [1.82, 2.24) is 5.32 Å². The van der Waals surface area contributed by atoms with Crippen LogP contribution < -0.4 is 16.2 Å². The number of benzene rings is 1. The smallest absolute Gasteiger partial charge is 0.542 e. The van der Waals surface area contributed by atoms with Crippen molar-refractivity contribution in [3.8, 4) is 0 Å². The summed E-state index contributed by atoms with van der Waals surface area (Å²) in [6, 6.07) is 6.92. The molecule has 245 valence electrons. The van der Waals surface area contributed by atoms with E-state index in [4.69, 9.17) is 25.9 Å². The van der Waals surface area contributed by atoms with E-state index in [-0.39, 0.29) is 36.5 Å². The molecular formula is C23H33ClF9N2O4PRuSi+. The summed E-state index contributed by atoms with van der Waals surface area (Å²) in [6.07, 6.45) is 4.43. The van der Waals surface area contributed by atoms with Crippen LogP contribution >= 0.6 is 19.4 Å². The van der Waals surface area contributed by atoms with Crippen molar-refractivity contribution >= 4 is 39.6 Å². The van der Waals surface area contributed by atoms with E-state index in [1.54, 1.807) is 7.05 Å². The number of hydrogen-bond donors (Lipinski definition) is 2. The van der Waals surface area contributed by atoms with Gasteiger partial charge in [-0.25, -0.2) is 0 Å². The monoisotopic (exact) mass is 768 g/mol. The number of quaternary nitrogens is 1. The predicted molar refractivity (Wildman–Crippen MR) is 139 cm³/mol. The second-order valence-corrected chi connectivity index (χ2v) is 16.9. The fourth-order valence-electron chi connectivity index (χ4n) is 2.17. The van der Waals surface area contributed by atoms with Gasteiger partial charge in [0, 0.05) is 12.1 Å². The topological polar surface area (TPSA) is 106 Å². The fraction of sp³-hybridized carbons (Fsp3) is 0.435. The summed E-state index contributed by atoms with van der Waals surface area (Å²) in [4.78, 5) is 20.8. The van der Waals surface area contributed by atoms with E-state index in [2.05, 4.69) is 44.9 Å². The zero-order chi connectivity index (χ0) is 33.2. The van der Waals surface area contributed by atoms with Gasteiger partial charge in [-0.3, -0.25) is 4.79 Å². The van der Waals surface area contributed by atoms with Crippen molar-refractivity contribution < 1.29 is 82.7 Å². The van der Waals surface area contributed by atoms with Crippen LogP contribution in [0.25, 0.3) is 0 Å². The average molecular weight is 768 g/mol. The summed E-state index contributed by atoms with van der Waals surface area (Å²) in [5.41, 5.74) is 4.95. The zero-order valence-electron chi connectivity index (χ0n) is 23.3. The van der Waals surface area contributed by atoms with Crippen molar-refractivity contribution in [2.45, 2.75) is 57.2 Å². The van der Waals surface area contributed by atoms with Gasteiger partial charge in [-0.2, -0.15) is 13.2 Å². The van der Waals surface area contributed by atoms with Gasteiger partial charge in [-0.05, 0) is 67.9 Å². The number of aliphatic carboxylic acids is 1. The Morgan fingerprint density at radius 2 is 1.24 bits per heavy atom. The molecule has 6 nitrogen and oxygen atoms in total. The molecular weight excluding hydrogens is 735 g/mol. The minimum Gasteiger partial charge on any atom is -0.542 e. The second kappa shape index (κ2) is 16.4. The van der Waals surface area contributed by atoms with Crippen LogP contribution in [0, 0.1) is 32.1 Å². The molecule has 4 N–H and O–H groups in total. The molecule has 0 aromatic heterocycles. The largest absolute Gasteiger partial charge is 2.00 e. The van der Waals surface area contributed by atoms with E-state index < -0.39 is 34.3 Å². The number of halogens is 10. The van der Waals surface area contributed by atoms with Crippen molar-refractivity contribution in [1.29, 1.82) is 0 Å². The normalized spacial score (nSPS) is 16.6. The standard InChI is InChI=1S/C16H27ClN2O2Si.C5H5.C2HF3O2.F6P.Ru/c1-16(2,3)22(5,6)21-14(13(18)15(20)19-4)11-7-9-12(17)10-8-11;1-2-4-5-3-1;3-2(4,5)1(6)7;1-7(2,3,4,5)6;/h7-10,13-14H,18H2,1-6H3,(H,19,20);1-5H;(H,6,7);;/q;;;-1;+2/t13-,14+;;;;/m0..../s1. The first-order valence-electron chi connectivity index (χ1n) is 11.4. The van der Waals surface area contributed by atoms with Crippen molar-refractivity contribution in [2.24, 2.45) is 0 Å². The Morgan fingerprint density at radius 1 is 0.929 bits per heavy atom. The number of nitrogens with one attached hydrogen (secondary N) is 1. The van der Waals surface area contributed by atoms with E-state index in [0.717, 1.165) is 5.56 Å². The Bertz CT molecular complexity index is 957. The van der Waals surface area contributed by atoms with E-state index >= 15 is 0 Å². The molecule has 1 aromatic carbocycles. The summed E-state index contributed by atoms with van der Waals surface area (Å²) >= 11 is 5.96. The molecule has 1 saturated carbocycles. The van der Waals surface area contributed by atoms with Crippen LogP contribution in [0.15, 0.2) is 24.3 Å². The van der Waals surface area contributed by atoms with Crippen molar-refractivity contribution in [2.75, 3.05) is 7.05 Å². The Kier molecular flexibility index (Phi) is 17.7. The van der Waals surface area contributed by atoms with Crippen LogP contribution in [-0.2, 0) is 33.5 Å². The average Bonchev–Trinajstić information content (AvgIpc) is 3.34. The van der Waals surface area contributed by atoms with Gasteiger partial charge in [-0.1, -0.05) is 44.5 Å². The van der Waals surface area contributed by atoms with Gasteiger partial charge in [-0.15, -0.1) is 0 Å². The molecule has 2 rings (SSSR count). The fourth-order valence-corrected chi connectivity index (χ4v) is 3.59. The molecule has 0 aliphatic heterocycles. The van der Waals surface area contributed by atoms with E-state index in [9.17, 15) is 43.1 Å². The molecule has 2 atom stereocenters. The van der Waals surface area contributed by atoms with E-state index in [0.29, 0.717) is 5.02 Å². The summed E-state index contributed by atoms with van der Waals surface area (Å²) < 4.78 is 97.2. The quantitative estimate of drug-likeness (QED) is 0.204. The van der Waals surface area contributed by atoms with Gasteiger partial charge in [0.05, 0.1) is 0 Å². The summed E-state index contributed by atoms with van der Waals surface area (Å²) in [5.74, 6) is -3.13. The number of hydrogen-bond acceptors (Lipinski definition) is 4. The molecule has 0 spiro atoms. The molecule has 0 heterocycles. The molecule has 1 aliphatic carbocycles. The third kappa shape index (κ3) is 24.5.